The van der Waals surface area contributed by atoms with Crippen molar-refractivity contribution in [2.45, 2.75) is 25.2 Å². The maximum atomic E-state index is 13.6. The molecule has 0 atom stereocenters. The Morgan fingerprint density at radius 3 is 2.67 bits per heavy atom. The molecular formula is C13H16FN3O2S2. The Hall–Kier alpha value is -1.51. The van der Waals surface area contributed by atoms with Crippen molar-refractivity contribution in [3.8, 4) is 0 Å². The van der Waals surface area contributed by atoms with Crippen LogP contribution in [0.15, 0.2) is 22.4 Å². The number of sulfonamides is 1. The molecule has 0 amide bonds. The molecule has 0 aliphatic rings. The zero-order valence-electron chi connectivity index (χ0n) is 11.7. The van der Waals surface area contributed by atoms with E-state index in [1.165, 1.54) is 24.3 Å². The van der Waals surface area contributed by atoms with E-state index >= 15 is 0 Å². The van der Waals surface area contributed by atoms with Gasteiger partial charge in [0.15, 0.2) is 0 Å². The topological polar surface area (TPSA) is 85.1 Å². The molecule has 21 heavy (non-hydrogen) atoms. The molecule has 0 aliphatic heterocycles. The van der Waals surface area contributed by atoms with Crippen LogP contribution in [0.25, 0.3) is 0 Å². The first-order valence-corrected chi connectivity index (χ1v) is 8.62. The molecule has 0 unspecified atom stereocenters. The molecule has 0 saturated heterocycles. The van der Waals surface area contributed by atoms with Crippen LogP contribution in [0.3, 0.4) is 0 Å². The number of hydrogen-bond donors (Lipinski definition) is 2. The maximum Gasteiger partial charge on any atom is 0.240 e. The molecule has 5 nitrogen and oxygen atoms in total. The molecule has 8 heteroatoms. The number of nitrogen functional groups attached to an aromatic ring is 1. The summed E-state index contributed by atoms with van der Waals surface area (Å²) in [5.74, 6) is -0.633. The van der Waals surface area contributed by atoms with Crippen LogP contribution < -0.4 is 10.5 Å². The first-order valence-electron chi connectivity index (χ1n) is 6.26. The Kier molecular flexibility index (Phi) is 4.60. The number of halogens is 1. The van der Waals surface area contributed by atoms with Crippen LogP contribution in [0.4, 0.5) is 10.1 Å². The van der Waals surface area contributed by atoms with Crippen molar-refractivity contribution >= 4 is 27.0 Å². The third kappa shape index (κ3) is 3.78. The summed E-state index contributed by atoms with van der Waals surface area (Å²) in [7, 11) is -3.78. The molecule has 1 aromatic heterocycles. The standard InChI is InChI=1S/C13H16FN3O2S2/c1-8-7-20-13(17-8)3-4-16-21(18,19)10-5-11(14)9(2)12(15)6-10/h5-7,16H,3-4,15H2,1-2H3. The predicted octanol–water partition coefficient (Wildman–Crippen LogP) is 2.00. The lowest BCUT2D eigenvalue weighted by Crippen LogP contribution is -2.26. The van der Waals surface area contributed by atoms with Crippen LogP contribution in [0.2, 0.25) is 0 Å². The van der Waals surface area contributed by atoms with E-state index in [0.717, 1.165) is 16.8 Å². The average Bonchev–Trinajstić information content (AvgIpc) is 2.81. The normalized spacial score (nSPS) is 11.8. The van der Waals surface area contributed by atoms with E-state index in [9.17, 15) is 12.8 Å². The second-order valence-electron chi connectivity index (χ2n) is 4.65. The van der Waals surface area contributed by atoms with Gasteiger partial charge < -0.3 is 5.73 Å². The van der Waals surface area contributed by atoms with Gasteiger partial charge in [0.05, 0.1) is 9.90 Å². The van der Waals surface area contributed by atoms with Gasteiger partial charge in [0.1, 0.15) is 5.82 Å². The van der Waals surface area contributed by atoms with Crippen molar-refractivity contribution in [1.29, 1.82) is 0 Å². The largest absolute Gasteiger partial charge is 0.398 e. The molecule has 0 spiro atoms. The second kappa shape index (κ2) is 6.08. The third-order valence-corrected chi connectivity index (χ3v) is 5.43. The number of rotatable bonds is 5. The van der Waals surface area contributed by atoms with Gasteiger partial charge in [0.25, 0.3) is 0 Å². The van der Waals surface area contributed by atoms with Crippen molar-refractivity contribution in [3.63, 3.8) is 0 Å². The highest BCUT2D eigenvalue weighted by molar-refractivity contribution is 7.89. The molecule has 1 aromatic carbocycles. The number of aromatic nitrogens is 1. The fraction of sp³-hybridized carbons (Fsp3) is 0.308. The number of nitrogens with zero attached hydrogens (tertiary/aromatic N) is 1. The Labute approximate surface area is 127 Å². The summed E-state index contributed by atoms with van der Waals surface area (Å²) in [6.45, 7) is 3.58. The average molecular weight is 329 g/mol. The van der Waals surface area contributed by atoms with Gasteiger partial charge in [0.2, 0.25) is 10.0 Å². The summed E-state index contributed by atoms with van der Waals surface area (Å²) in [4.78, 5) is 4.08. The van der Waals surface area contributed by atoms with Crippen LogP contribution in [0, 0.1) is 19.7 Å². The molecule has 3 N–H and O–H groups in total. The first-order chi connectivity index (χ1) is 9.79. The van der Waals surface area contributed by atoms with Gasteiger partial charge >= 0.3 is 0 Å². The molecule has 0 saturated carbocycles. The fourth-order valence-corrected chi connectivity index (χ4v) is 3.58. The van der Waals surface area contributed by atoms with Gasteiger partial charge in [-0.1, -0.05) is 0 Å². The summed E-state index contributed by atoms with van der Waals surface area (Å²) >= 11 is 1.48. The van der Waals surface area contributed by atoms with E-state index in [4.69, 9.17) is 5.73 Å². The van der Waals surface area contributed by atoms with Gasteiger partial charge in [-0.2, -0.15) is 0 Å². The Balaban J connectivity index is 2.08. The molecule has 2 aromatic rings. The minimum Gasteiger partial charge on any atom is -0.398 e. The number of anilines is 1. The van der Waals surface area contributed by atoms with Gasteiger partial charge in [0, 0.05) is 35.3 Å². The van der Waals surface area contributed by atoms with Crippen molar-refractivity contribution in [1.82, 2.24) is 9.71 Å². The number of thiazole rings is 1. The monoisotopic (exact) mass is 329 g/mol. The van der Waals surface area contributed by atoms with E-state index in [-0.39, 0.29) is 22.7 Å². The summed E-state index contributed by atoms with van der Waals surface area (Å²) in [6.07, 6.45) is 0.488. The van der Waals surface area contributed by atoms with E-state index < -0.39 is 15.8 Å². The molecule has 0 radical (unpaired) electrons. The minimum atomic E-state index is -3.78. The van der Waals surface area contributed by atoms with Crippen molar-refractivity contribution in [3.05, 3.63) is 39.6 Å². The van der Waals surface area contributed by atoms with Crippen LogP contribution >= 0.6 is 11.3 Å². The van der Waals surface area contributed by atoms with Gasteiger partial charge in [-0.25, -0.2) is 22.5 Å². The number of aryl methyl sites for hydroxylation is 1. The van der Waals surface area contributed by atoms with Gasteiger partial charge in [-0.05, 0) is 26.0 Å². The summed E-state index contributed by atoms with van der Waals surface area (Å²) in [5, 5.41) is 2.75. The van der Waals surface area contributed by atoms with Gasteiger partial charge in [-0.15, -0.1) is 11.3 Å². The summed E-state index contributed by atoms with van der Waals surface area (Å²) in [5.41, 5.74) is 6.87. The minimum absolute atomic E-state index is 0.117. The molecule has 0 bridgehead atoms. The molecule has 1 heterocycles. The highest BCUT2D eigenvalue weighted by Crippen LogP contribution is 2.20. The third-order valence-electron chi connectivity index (χ3n) is 2.97. The van der Waals surface area contributed by atoms with Crippen LogP contribution in [-0.4, -0.2) is 19.9 Å². The maximum absolute atomic E-state index is 13.6. The second-order valence-corrected chi connectivity index (χ2v) is 7.36. The zero-order valence-corrected chi connectivity index (χ0v) is 13.3. The van der Waals surface area contributed by atoms with Crippen LogP contribution in [0.1, 0.15) is 16.3 Å². The lowest BCUT2D eigenvalue weighted by atomic mass is 10.2. The zero-order chi connectivity index (χ0) is 15.6. The number of nitrogens with one attached hydrogen (secondary N) is 1. The Bertz CT molecular complexity index is 734. The van der Waals surface area contributed by atoms with E-state index in [1.807, 2.05) is 12.3 Å². The summed E-state index contributed by atoms with van der Waals surface area (Å²) in [6, 6.07) is 2.23. The number of nitrogens with two attached hydrogens (primary N) is 1. The predicted molar refractivity (Wildman–Crippen MR) is 81.3 cm³/mol. The van der Waals surface area contributed by atoms with E-state index in [0.29, 0.717) is 6.42 Å². The van der Waals surface area contributed by atoms with Crippen molar-refractivity contribution in [2.75, 3.05) is 12.3 Å². The molecule has 0 aliphatic carbocycles. The summed E-state index contributed by atoms with van der Waals surface area (Å²) < 4.78 is 40.2. The number of hydrogen-bond acceptors (Lipinski definition) is 5. The highest BCUT2D eigenvalue weighted by Gasteiger charge is 2.17. The smallest absolute Gasteiger partial charge is 0.240 e. The van der Waals surface area contributed by atoms with E-state index in [1.54, 1.807) is 0 Å². The molecule has 114 valence electrons. The lowest BCUT2D eigenvalue weighted by molar-refractivity contribution is 0.577. The molecule has 0 fully saturated rings. The Morgan fingerprint density at radius 2 is 2.10 bits per heavy atom. The van der Waals surface area contributed by atoms with Crippen molar-refractivity contribution in [2.24, 2.45) is 0 Å². The van der Waals surface area contributed by atoms with Crippen LogP contribution in [0.5, 0.6) is 0 Å². The highest BCUT2D eigenvalue weighted by atomic mass is 32.2. The molecule has 2 rings (SSSR count). The van der Waals surface area contributed by atoms with Gasteiger partial charge in [-0.3, -0.25) is 0 Å². The first kappa shape index (κ1) is 15.9. The molecular weight excluding hydrogens is 313 g/mol. The Morgan fingerprint density at radius 1 is 1.38 bits per heavy atom. The number of benzene rings is 1. The quantitative estimate of drug-likeness (QED) is 0.822. The fourth-order valence-electron chi connectivity index (χ4n) is 1.72. The van der Waals surface area contributed by atoms with E-state index in [2.05, 4.69) is 9.71 Å². The van der Waals surface area contributed by atoms with Crippen LogP contribution in [-0.2, 0) is 16.4 Å². The van der Waals surface area contributed by atoms with Crippen molar-refractivity contribution < 1.29 is 12.8 Å². The SMILES string of the molecule is Cc1csc(CCNS(=O)(=O)c2cc(N)c(C)c(F)c2)n1. The lowest BCUT2D eigenvalue weighted by Gasteiger charge is -2.09.